The minimum Gasteiger partial charge on any atom is -0.265 e. The zero-order valence-corrected chi connectivity index (χ0v) is 15.6. The average molecular weight is 395 g/mol. The van der Waals surface area contributed by atoms with E-state index < -0.39 is 0 Å². The highest BCUT2D eigenvalue weighted by atomic mass is 35.5. The first kappa shape index (κ1) is 17.1. The van der Waals surface area contributed by atoms with Crippen molar-refractivity contribution in [3.8, 4) is 5.69 Å². The second-order valence-corrected chi connectivity index (χ2v) is 7.48. The van der Waals surface area contributed by atoms with Gasteiger partial charge in [-0.15, -0.1) is 0 Å². The zero-order valence-electron chi connectivity index (χ0n) is 14.8. The number of hydrogen-bond donors (Lipinski definition) is 0. The van der Waals surface area contributed by atoms with Crippen LogP contribution in [0.4, 0.5) is 4.39 Å². The van der Waals surface area contributed by atoms with Crippen LogP contribution in [-0.4, -0.2) is 19.6 Å². The highest BCUT2D eigenvalue weighted by Gasteiger charge is 2.30. The molecule has 140 valence electrons. The maximum absolute atomic E-state index is 13.3. The maximum atomic E-state index is 13.3. The van der Waals surface area contributed by atoms with Gasteiger partial charge in [-0.25, -0.2) is 13.8 Å². The van der Waals surface area contributed by atoms with Crippen molar-refractivity contribution in [1.29, 1.82) is 0 Å². The Morgan fingerprint density at radius 1 is 1.14 bits per heavy atom. The molecule has 0 N–H and O–H groups in total. The van der Waals surface area contributed by atoms with E-state index in [0.717, 1.165) is 35.2 Å². The van der Waals surface area contributed by atoms with Gasteiger partial charge in [0.1, 0.15) is 11.3 Å². The van der Waals surface area contributed by atoms with Crippen molar-refractivity contribution in [3.63, 3.8) is 0 Å². The third-order valence-corrected chi connectivity index (χ3v) is 5.21. The van der Waals surface area contributed by atoms with Crippen LogP contribution in [0.5, 0.6) is 0 Å². The summed E-state index contributed by atoms with van der Waals surface area (Å²) in [4.78, 5) is 13.3. The molecule has 1 saturated carbocycles. The Labute approximate surface area is 165 Å². The van der Waals surface area contributed by atoms with Gasteiger partial charge in [0.15, 0.2) is 0 Å². The first-order valence-corrected chi connectivity index (χ1v) is 9.47. The van der Waals surface area contributed by atoms with Crippen LogP contribution in [0.25, 0.3) is 16.6 Å². The van der Waals surface area contributed by atoms with Gasteiger partial charge in [-0.05, 0) is 48.7 Å². The summed E-state index contributed by atoms with van der Waals surface area (Å²) >= 11 is 6.13. The van der Waals surface area contributed by atoms with Crippen LogP contribution in [-0.2, 0) is 6.54 Å². The fourth-order valence-electron chi connectivity index (χ4n) is 3.43. The van der Waals surface area contributed by atoms with Crippen molar-refractivity contribution in [1.82, 2.24) is 19.6 Å². The molecule has 0 bridgehead atoms. The predicted molar refractivity (Wildman–Crippen MR) is 106 cm³/mol. The minimum absolute atomic E-state index is 0.235. The lowest BCUT2D eigenvalue weighted by Gasteiger charge is -2.10. The molecular formula is C21H16ClFN4O. The summed E-state index contributed by atoms with van der Waals surface area (Å²) in [7, 11) is 0. The first-order valence-electron chi connectivity index (χ1n) is 9.09. The SMILES string of the molecule is O=c1c2c(cnn2-c2cccc(Cl)c2)c(C2CC2)nn1Cc1ccc(F)cc1. The summed E-state index contributed by atoms with van der Waals surface area (Å²) in [6, 6.07) is 13.3. The second kappa shape index (κ2) is 6.56. The van der Waals surface area contributed by atoms with E-state index in [1.807, 2.05) is 12.1 Å². The zero-order chi connectivity index (χ0) is 19.3. The predicted octanol–water partition coefficient (Wildman–Crippen LogP) is 4.30. The van der Waals surface area contributed by atoms with Crippen molar-refractivity contribution >= 4 is 22.5 Å². The Balaban J connectivity index is 1.71. The number of fused-ring (bicyclic) bond motifs is 1. The van der Waals surface area contributed by atoms with Crippen LogP contribution in [0.15, 0.2) is 59.5 Å². The Hall–Kier alpha value is -2.99. The fourth-order valence-corrected chi connectivity index (χ4v) is 3.61. The maximum Gasteiger partial charge on any atom is 0.293 e. The van der Waals surface area contributed by atoms with Crippen molar-refractivity contribution in [2.45, 2.75) is 25.3 Å². The molecule has 7 heteroatoms. The minimum atomic E-state index is -0.308. The van der Waals surface area contributed by atoms with Gasteiger partial charge in [0.2, 0.25) is 0 Å². The third kappa shape index (κ3) is 2.99. The van der Waals surface area contributed by atoms with E-state index in [9.17, 15) is 9.18 Å². The molecule has 1 fully saturated rings. The van der Waals surface area contributed by atoms with E-state index in [0.29, 0.717) is 16.5 Å². The van der Waals surface area contributed by atoms with E-state index in [1.165, 1.54) is 16.8 Å². The monoisotopic (exact) mass is 394 g/mol. The lowest BCUT2D eigenvalue weighted by Crippen LogP contribution is -2.26. The smallest absolute Gasteiger partial charge is 0.265 e. The normalized spacial score (nSPS) is 13.9. The molecule has 0 atom stereocenters. The summed E-state index contributed by atoms with van der Waals surface area (Å²) in [5.74, 6) is 0.0387. The molecule has 0 saturated heterocycles. The molecule has 0 unspecified atom stereocenters. The summed E-state index contributed by atoms with van der Waals surface area (Å²) in [6.07, 6.45) is 3.82. The highest BCUT2D eigenvalue weighted by molar-refractivity contribution is 6.30. The summed E-state index contributed by atoms with van der Waals surface area (Å²) < 4.78 is 16.3. The van der Waals surface area contributed by atoms with Gasteiger partial charge < -0.3 is 0 Å². The van der Waals surface area contributed by atoms with Crippen LogP contribution in [0.3, 0.4) is 0 Å². The quantitative estimate of drug-likeness (QED) is 0.518. The second-order valence-electron chi connectivity index (χ2n) is 7.05. The van der Waals surface area contributed by atoms with Gasteiger partial charge in [0.05, 0.1) is 24.1 Å². The number of halogens is 2. The summed E-state index contributed by atoms with van der Waals surface area (Å²) in [5.41, 5.74) is 2.68. The molecule has 28 heavy (non-hydrogen) atoms. The summed E-state index contributed by atoms with van der Waals surface area (Å²) in [5, 5.41) is 10.4. The topological polar surface area (TPSA) is 52.7 Å². The lowest BCUT2D eigenvalue weighted by molar-refractivity contribution is 0.614. The number of benzene rings is 2. The van der Waals surface area contributed by atoms with Crippen molar-refractivity contribution in [2.75, 3.05) is 0 Å². The molecule has 1 aliphatic carbocycles. The van der Waals surface area contributed by atoms with Crippen LogP contribution < -0.4 is 5.56 Å². The number of nitrogens with zero attached hydrogens (tertiary/aromatic N) is 4. The van der Waals surface area contributed by atoms with E-state index in [2.05, 4.69) is 10.2 Å². The Morgan fingerprint density at radius 3 is 2.64 bits per heavy atom. The van der Waals surface area contributed by atoms with E-state index >= 15 is 0 Å². The molecule has 5 rings (SSSR count). The molecule has 2 aromatic heterocycles. The first-order chi connectivity index (χ1) is 13.6. The molecule has 1 aliphatic rings. The number of rotatable bonds is 4. The third-order valence-electron chi connectivity index (χ3n) is 4.97. The summed E-state index contributed by atoms with van der Waals surface area (Å²) in [6.45, 7) is 0.273. The standard InChI is InChI=1S/C21H16ClFN4O/c22-15-2-1-3-17(10-15)27-20-18(11-24-27)19(14-6-7-14)25-26(21(20)28)12-13-4-8-16(23)9-5-13/h1-5,8-11,14H,6-7,12H2. The Kier molecular flexibility index (Phi) is 4.02. The molecule has 0 radical (unpaired) electrons. The molecule has 0 spiro atoms. The lowest BCUT2D eigenvalue weighted by atomic mass is 10.2. The fraction of sp³-hybridized carbons (Fsp3) is 0.190. The van der Waals surface area contributed by atoms with Gasteiger partial charge in [-0.1, -0.05) is 29.8 Å². The molecule has 2 aromatic carbocycles. The van der Waals surface area contributed by atoms with Crippen molar-refractivity contribution in [2.24, 2.45) is 0 Å². The van der Waals surface area contributed by atoms with Gasteiger partial charge >= 0.3 is 0 Å². The molecule has 5 nitrogen and oxygen atoms in total. The molecule has 2 heterocycles. The van der Waals surface area contributed by atoms with Gasteiger partial charge in [-0.2, -0.15) is 10.2 Å². The molecule has 0 amide bonds. The van der Waals surface area contributed by atoms with E-state index in [1.54, 1.807) is 35.1 Å². The van der Waals surface area contributed by atoms with Crippen LogP contribution >= 0.6 is 11.6 Å². The van der Waals surface area contributed by atoms with E-state index in [-0.39, 0.29) is 17.9 Å². The van der Waals surface area contributed by atoms with Crippen LogP contribution in [0.2, 0.25) is 5.02 Å². The largest absolute Gasteiger partial charge is 0.293 e. The van der Waals surface area contributed by atoms with Crippen LogP contribution in [0, 0.1) is 5.82 Å². The van der Waals surface area contributed by atoms with Gasteiger partial charge in [0.25, 0.3) is 5.56 Å². The average Bonchev–Trinajstić information content (AvgIpc) is 3.43. The highest BCUT2D eigenvalue weighted by Crippen LogP contribution is 2.41. The van der Waals surface area contributed by atoms with Gasteiger partial charge in [0, 0.05) is 16.3 Å². The number of hydrogen-bond acceptors (Lipinski definition) is 3. The molecule has 4 aromatic rings. The van der Waals surface area contributed by atoms with Crippen molar-refractivity contribution in [3.05, 3.63) is 87.2 Å². The van der Waals surface area contributed by atoms with Crippen molar-refractivity contribution < 1.29 is 4.39 Å². The number of aromatic nitrogens is 4. The van der Waals surface area contributed by atoms with E-state index in [4.69, 9.17) is 11.6 Å². The molecular weight excluding hydrogens is 379 g/mol. The Morgan fingerprint density at radius 2 is 1.93 bits per heavy atom. The van der Waals surface area contributed by atoms with Crippen LogP contribution in [0.1, 0.15) is 30.0 Å². The van der Waals surface area contributed by atoms with Gasteiger partial charge in [-0.3, -0.25) is 4.79 Å². The molecule has 0 aliphatic heterocycles. The Bertz CT molecular complexity index is 1240.